The molecule has 1 atom stereocenters. The zero-order valence-electron chi connectivity index (χ0n) is 13.4. The molecule has 2 aromatic heterocycles. The third-order valence-electron chi connectivity index (χ3n) is 3.74. The topological polar surface area (TPSA) is 85.3 Å². The van der Waals surface area contributed by atoms with E-state index in [0.29, 0.717) is 5.69 Å². The number of nitrogens with zero attached hydrogens (tertiary/aromatic N) is 3. The Bertz CT molecular complexity index is 965. The van der Waals surface area contributed by atoms with Crippen molar-refractivity contribution in [3.8, 4) is 0 Å². The summed E-state index contributed by atoms with van der Waals surface area (Å²) in [7, 11) is 0. The second kappa shape index (κ2) is 6.28. The summed E-state index contributed by atoms with van der Waals surface area (Å²) in [6.45, 7) is 1.69. The number of nitrogens with one attached hydrogen (secondary N) is 1. The highest BCUT2D eigenvalue weighted by Crippen LogP contribution is 2.33. The normalized spacial score (nSPS) is 13.0. The quantitative estimate of drug-likeness (QED) is 0.697. The summed E-state index contributed by atoms with van der Waals surface area (Å²) < 4.78 is 54.6. The van der Waals surface area contributed by atoms with Gasteiger partial charge in [-0.05, 0) is 30.7 Å². The number of carbonyl (C=O) groups excluding carboxylic acids is 1. The summed E-state index contributed by atoms with van der Waals surface area (Å²) in [5.74, 6) is -1.65. The number of hydrogen-bond acceptors (Lipinski definition) is 4. The number of nitrogen functional groups attached to an aromatic ring is 1. The Morgan fingerprint density at radius 2 is 1.92 bits per heavy atom. The number of nitrogens with two attached hydrogens (primary N) is 1. The molecule has 3 aromatic rings. The molecule has 1 amide bonds. The highest BCUT2D eigenvalue weighted by molar-refractivity contribution is 5.98. The van der Waals surface area contributed by atoms with Crippen molar-refractivity contribution in [3.63, 3.8) is 0 Å². The van der Waals surface area contributed by atoms with E-state index in [9.17, 15) is 22.4 Å². The largest absolute Gasteiger partial charge is 0.412 e. The lowest BCUT2D eigenvalue weighted by Crippen LogP contribution is -2.38. The van der Waals surface area contributed by atoms with Gasteiger partial charge in [-0.1, -0.05) is 12.1 Å². The van der Waals surface area contributed by atoms with Crippen LogP contribution >= 0.6 is 0 Å². The maximum Gasteiger partial charge on any atom is 0.412 e. The molecule has 6 nitrogen and oxygen atoms in total. The summed E-state index contributed by atoms with van der Waals surface area (Å²) >= 11 is 0. The lowest BCUT2D eigenvalue weighted by molar-refractivity contribution is -0.155. The van der Waals surface area contributed by atoms with E-state index in [1.807, 2.05) is 5.32 Å². The van der Waals surface area contributed by atoms with Crippen LogP contribution in [0, 0.1) is 12.7 Å². The lowest BCUT2D eigenvalue weighted by Gasteiger charge is -2.21. The van der Waals surface area contributed by atoms with Crippen molar-refractivity contribution in [2.75, 3.05) is 5.73 Å². The number of aromatic nitrogens is 3. The first-order valence-electron chi connectivity index (χ1n) is 7.40. The zero-order chi connectivity index (χ0) is 19.1. The number of carbonyl (C=O) groups is 1. The Hall–Kier alpha value is -3.17. The van der Waals surface area contributed by atoms with E-state index in [4.69, 9.17) is 5.73 Å². The van der Waals surface area contributed by atoms with Crippen molar-refractivity contribution in [2.45, 2.75) is 19.1 Å². The number of fused-ring (bicyclic) bond motifs is 1. The first-order chi connectivity index (χ1) is 12.2. The van der Waals surface area contributed by atoms with Crippen LogP contribution in [0.3, 0.4) is 0 Å². The highest BCUT2D eigenvalue weighted by Gasteiger charge is 2.42. The van der Waals surface area contributed by atoms with Crippen molar-refractivity contribution in [1.82, 2.24) is 19.7 Å². The van der Waals surface area contributed by atoms with E-state index in [1.165, 1.54) is 16.8 Å². The fraction of sp³-hybridized carbons (Fsp3) is 0.188. The third kappa shape index (κ3) is 3.30. The summed E-state index contributed by atoms with van der Waals surface area (Å²) in [6.07, 6.45) is -3.52. The number of hydrogen-bond donors (Lipinski definition) is 2. The van der Waals surface area contributed by atoms with Gasteiger partial charge in [-0.2, -0.15) is 13.2 Å². The molecule has 0 saturated heterocycles. The van der Waals surface area contributed by atoms with Gasteiger partial charge >= 0.3 is 6.18 Å². The molecule has 0 spiro atoms. The van der Waals surface area contributed by atoms with Crippen LogP contribution in [0.2, 0.25) is 0 Å². The van der Waals surface area contributed by atoms with Gasteiger partial charge in [0.15, 0.2) is 17.4 Å². The van der Waals surface area contributed by atoms with Gasteiger partial charge in [0.1, 0.15) is 18.0 Å². The van der Waals surface area contributed by atoms with E-state index in [0.717, 1.165) is 24.3 Å². The fourth-order valence-corrected chi connectivity index (χ4v) is 2.51. The van der Waals surface area contributed by atoms with Crippen molar-refractivity contribution in [2.24, 2.45) is 0 Å². The first-order valence-corrected chi connectivity index (χ1v) is 7.40. The van der Waals surface area contributed by atoms with E-state index < -0.39 is 23.9 Å². The Morgan fingerprint density at radius 1 is 1.27 bits per heavy atom. The molecule has 0 saturated carbocycles. The molecule has 0 aliphatic heterocycles. The molecule has 2 heterocycles. The van der Waals surface area contributed by atoms with Crippen LogP contribution in [-0.4, -0.2) is 26.5 Å². The van der Waals surface area contributed by atoms with Gasteiger partial charge in [0.05, 0.1) is 0 Å². The number of amides is 1. The van der Waals surface area contributed by atoms with Crippen LogP contribution in [-0.2, 0) is 0 Å². The van der Waals surface area contributed by atoms with Crippen LogP contribution in [0.5, 0.6) is 0 Å². The summed E-state index contributed by atoms with van der Waals surface area (Å²) in [6, 6.07) is 2.90. The molecule has 0 aliphatic rings. The van der Waals surface area contributed by atoms with E-state index >= 15 is 0 Å². The minimum Gasteiger partial charge on any atom is -0.384 e. The van der Waals surface area contributed by atoms with E-state index in [1.54, 1.807) is 6.92 Å². The number of alkyl halides is 3. The molecule has 0 radical (unpaired) electrons. The van der Waals surface area contributed by atoms with Gasteiger partial charge in [-0.3, -0.25) is 9.20 Å². The van der Waals surface area contributed by atoms with Gasteiger partial charge in [0, 0.05) is 5.69 Å². The number of imidazole rings is 1. The molecule has 0 bridgehead atoms. The van der Waals surface area contributed by atoms with Crippen LogP contribution in [0.1, 0.15) is 27.8 Å². The summed E-state index contributed by atoms with van der Waals surface area (Å²) in [5, 5.41) is 1.88. The number of rotatable bonds is 3. The van der Waals surface area contributed by atoms with Crippen molar-refractivity contribution in [1.29, 1.82) is 0 Å². The van der Waals surface area contributed by atoms with Gasteiger partial charge < -0.3 is 11.1 Å². The predicted octanol–water partition coefficient (Wildman–Crippen LogP) is 2.79. The Morgan fingerprint density at radius 3 is 2.54 bits per heavy atom. The van der Waals surface area contributed by atoms with E-state index in [-0.39, 0.29) is 22.7 Å². The molecule has 0 fully saturated rings. The maximum absolute atomic E-state index is 13.4. The number of halogens is 4. The van der Waals surface area contributed by atoms with Crippen molar-refractivity contribution >= 4 is 17.4 Å². The predicted molar refractivity (Wildman–Crippen MR) is 84.8 cm³/mol. The van der Waals surface area contributed by atoms with Crippen LogP contribution in [0.25, 0.3) is 5.65 Å². The Kier molecular flexibility index (Phi) is 4.26. The maximum atomic E-state index is 13.4. The van der Waals surface area contributed by atoms with Gasteiger partial charge in [0.25, 0.3) is 5.91 Å². The second-order valence-electron chi connectivity index (χ2n) is 5.61. The van der Waals surface area contributed by atoms with Gasteiger partial charge in [-0.15, -0.1) is 0 Å². The van der Waals surface area contributed by atoms with Gasteiger partial charge in [-0.25, -0.2) is 14.4 Å². The summed E-state index contributed by atoms with van der Waals surface area (Å²) in [4.78, 5) is 20.2. The molecule has 136 valence electrons. The summed E-state index contributed by atoms with van der Waals surface area (Å²) in [5.41, 5.74) is 5.69. The Balaban J connectivity index is 1.97. The second-order valence-corrected chi connectivity index (χ2v) is 5.61. The minimum absolute atomic E-state index is 0.0417. The molecule has 10 heteroatoms. The van der Waals surface area contributed by atoms with Crippen molar-refractivity contribution < 1.29 is 22.4 Å². The molecule has 0 aliphatic carbocycles. The number of aryl methyl sites for hydroxylation is 1. The van der Waals surface area contributed by atoms with Crippen LogP contribution < -0.4 is 11.1 Å². The molecule has 3 N–H and O–H groups in total. The molecule has 1 unspecified atom stereocenters. The van der Waals surface area contributed by atoms with Gasteiger partial charge in [0.2, 0.25) is 0 Å². The standard InChI is InChI=1S/C16H13F4N5O/c1-8-6-11(21)23-14-12(22-7-25(8)14)15(26)24-13(16(18,19)20)9-2-4-10(17)5-3-9/h2-7,13H,1H3,(H2,21,23)(H,24,26). The SMILES string of the molecule is Cc1cc(N)nc2c(C(=O)NC(c3ccc(F)cc3)C(F)(F)F)ncn12. The molecular weight excluding hydrogens is 354 g/mol. The average Bonchev–Trinajstić information content (AvgIpc) is 2.96. The highest BCUT2D eigenvalue weighted by atomic mass is 19.4. The first kappa shape index (κ1) is 17.6. The average molecular weight is 367 g/mol. The smallest absolute Gasteiger partial charge is 0.384 e. The third-order valence-corrected chi connectivity index (χ3v) is 3.74. The Labute approximate surface area is 144 Å². The van der Waals surface area contributed by atoms with Crippen LogP contribution in [0.15, 0.2) is 36.7 Å². The van der Waals surface area contributed by atoms with Crippen LogP contribution in [0.4, 0.5) is 23.4 Å². The monoisotopic (exact) mass is 367 g/mol. The fourth-order valence-electron chi connectivity index (χ4n) is 2.51. The number of benzene rings is 1. The zero-order valence-corrected chi connectivity index (χ0v) is 13.4. The van der Waals surface area contributed by atoms with E-state index in [2.05, 4.69) is 9.97 Å². The molecule has 26 heavy (non-hydrogen) atoms. The molecule has 1 aromatic carbocycles. The molecular formula is C16H13F4N5O. The lowest BCUT2D eigenvalue weighted by atomic mass is 10.1. The molecule has 3 rings (SSSR count). The number of anilines is 1. The van der Waals surface area contributed by atoms with Crippen molar-refractivity contribution in [3.05, 3.63) is 59.4 Å². The minimum atomic E-state index is -4.79.